The Balaban J connectivity index is 1.72. The average Bonchev–Trinajstić information content (AvgIpc) is 3.27. The molecule has 1 saturated heterocycles. The SMILES string of the molecule is Cc1cc(O)c(CN2CCCC2)c2c1C(=O)/C(=C/c1cccc([N+](=O)[O-])c1)O2. The molecule has 0 radical (unpaired) electrons. The van der Waals surface area contributed by atoms with Gasteiger partial charge in [0.15, 0.2) is 5.76 Å². The summed E-state index contributed by atoms with van der Waals surface area (Å²) in [5.41, 5.74) is 2.15. The number of carbonyl (C=O) groups excluding carboxylic acids is 1. The molecule has 28 heavy (non-hydrogen) atoms. The quantitative estimate of drug-likeness (QED) is 0.492. The monoisotopic (exact) mass is 380 g/mol. The van der Waals surface area contributed by atoms with E-state index in [0.717, 1.165) is 25.9 Å². The minimum absolute atomic E-state index is 0.0548. The van der Waals surface area contributed by atoms with Crippen LogP contribution in [0.4, 0.5) is 5.69 Å². The van der Waals surface area contributed by atoms with Gasteiger partial charge in [-0.25, -0.2) is 0 Å². The minimum atomic E-state index is -0.482. The van der Waals surface area contributed by atoms with E-state index in [0.29, 0.717) is 34.5 Å². The fraction of sp³-hybridized carbons (Fsp3) is 0.286. The molecule has 2 aromatic carbocycles. The largest absolute Gasteiger partial charge is 0.507 e. The van der Waals surface area contributed by atoms with E-state index in [2.05, 4.69) is 4.90 Å². The number of ketones is 1. The summed E-state index contributed by atoms with van der Waals surface area (Å²) >= 11 is 0. The number of hydrogen-bond acceptors (Lipinski definition) is 6. The summed E-state index contributed by atoms with van der Waals surface area (Å²) < 4.78 is 5.88. The standard InChI is InChI=1S/C21H20N2O5/c1-13-9-17(24)16(12-22-7-2-3-8-22)21-19(13)20(25)18(28-21)11-14-5-4-6-15(10-14)23(26)27/h4-6,9-11,24H,2-3,7-8,12H2,1H3/b18-11-. The Morgan fingerprint density at radius 2 is 2.04 bits per heavy atom. The van der Waals surface area contributed by atoms with Crippen LogP contribution in [0, 0.1) is 17.0 Å². The molecule has 144 valence electrons. The Bertz CT molecular complexity index is 1010. The molecule has 0 atom stereocenters. The summed E-state index contributed by atoms with van der Waals surface area (Å²) in [7, 11) is 0. The normalized spacial score (nSPS) is 17.8. The Labute approximate surface area is 162 Å². The average molecular weight is 380 g/mol. The molecule has 2 aromatic rings. The molecule has 2 aliphatic heterocycles. The second kappa shape index (κ2) is 7.09. The lowest BCUT2D eigenvalue weighted by Gasteiger charge is -2.18. The van der Waals surface area contributed by atoms with Gasteiger partial charge in [-0.15, -0.1) is 0 Å². The third-order valence-corrected chi connectivity index (χ3v) is 5.18. The first-order valence-corrected chi connectivity index (χ1v) is 9.20. The number of likely N-dealkylation sites (tertiary alicyclic amines) is 1. The number of phenolic OH excluding ortho intramolecular Hbond substituents is 1. The molecule has 0 bridgehead atoms. The van der Waals surface area contributed by atoms with Crippen LogP contribution in [-0.2, 0) is 6.54 Å². The number of nitrogens with zero attached hydrogens (tertiary/aromatic N) is 2. The van der Waals surface area contributed by atoms with Crippen molar-refractivity contribution in [3.8, 4) is 11.5 Å². The second-order valence-electron chi connectivity index (χ2n) is 7.17. The van der Waals surface area contributed by atoms with Crippen molar-refractivity contribution >= 4 is 17.5 Å². The van der Waals surface area contributed by atoms with Crippen LogP contribution in [0.2, 0.25) is 0 Å². The number of non-ortho nitro benzene ring substituents is 1. The van der Waals surface area contributed by atoms with Gasteiger partial charge in [0, 0.05) is 18.7 Å². The number of nitro benzene ring substituents is 1. The van der Waals surface area contributed by atoms with Crippen molar-refractivity contribution in [2.24, 2.45) is 0 Å². The number of allylic oxidation sites excluding steroid dienone is 1. The third-order valence-electron chi connectivity index (χ3n) is 5.18. The fourth-order valence-electron chi connectivity index (χ4n) is 3.78. The number of carbonyl (C=O) groups is 1. The maximum absolute atomic E-state index is 12.9. The molecule has 2 aliphatic rings. The van der Waals surface area contributed by atoms with Crippen molar-refractivity contribution in [2.45, 2.75) is 26.3 Å². The van der Waals surface area contributed by atoms with Crippen molar-refractivity contribution in [3.63, 3.8) is 0 Å². The fourth-order valence-corrected chi connectivity index (χ4v) is 3.78. The van der Waals surface area contributed by atoms with Gasteiger partial charge in [-0.05, 0) is 56.1 Å². The van der Waals surface area contributed by atoms with Crippen LogP contribution in [0.15, 0.2) is 36.1 Å². The lowest BCUT2D eigenvalue weighted by atomic mass is 9.99. The van der Waals surface area contributed by atoms with E-state index >= 15 is 0 Å². The predicted molar refractivity (Wildman–Crippen MR) is 103 cm³/mol. The zero-order valence-corrected chi connectivity index (χ0v) is 15.5. The number of aromatic hydroxyl groups is 1. The highest BCUT2D eigenvalue weighted by Gasteiger charge is 2.34. The van der Waals surface area contributed by atoms with Crippen LogP contribution >= 0.6 is 0 Å². The highest BCUT2D eigenvalue weighted by atomic mass is 16.6. The van der Waals surface area contributed by atoms with Gasteiger partial charge in [0.1, 0.15) is 11.5 Å². The maximum Gasteiger partial charge on any atom is 0.270 e. The molecular formula is C21H20N2O5. The molecular weight excluding hydrogens is 360 g/mol. The molecule has 0 unspecified atom stereocenters. The number of benzene rings is 2. The van der Waals surface area contributed by atoms with Crippen LogP contribution in [-0.4, -0.2) is 33.8 Å². The molecule has 1 N–H and O–H groups in total. The Hall–Kier alpha value is -3.19. The molecule has 0 spiro atoms. The molecule has 2 heterocycles. The summed E-state index contributed by atoms with van der Waals surface area (Å²) in [5, 5.41) is 21.4. The molecule has 0 saturated carbocycles. The van der Waals surface area contributed by atoms with Crippen LogP contribution in [0.3, 0.4) is 0 Å². The molecule has 1 fully saturated rings. The molecule has 7 heteroatoms. The molecule has 4 rings (SSSR count). The van der Waals surface area contributed by atoms with E-state index in [4.69, 9.17) is 4.74 Å². The first-order valence-electron chi connectivity index (χ1n) is 9.20. The number of fused-ring (bicyclic) bond motifs is 1. The van der Waals surface area contributed by atoms with Crippen LogP contribution < -0.4 is 4.74 Å². The Morgan fingerprint density at radius 1 is 1.29 bits per heavy atom. The highest BCUT2D eigenvalue weighted by molar-refractivity contribution is 6.15. The van der Waals surface area contributed by atoms with Gasteiger partial charge in [-0.3, -0.25) is 19.8 Å². The number of ether oxygens (including phenoxy) is 1. The number of Topliss-reactive ketones (excluding diaryl/α,β-unsaturated/α-hetero) is 1. The summed E-state index contributed by atoms with van der Waals surface area (Å²) in [5.74, 6) is 0.340. The van der Waals surface area contributed by atoms with Gasteiger partial charge in [0.25, 0.3) is 5.69 Å². The number of aryl methyl sites for hydroxylation is 1. The van der Waals surface area contributed by atoms with Gasteiger partial charge in [0.2, 0.25) is 5.78 Å². The van der Waals surface area contributed by atoms with Crippen LogP contribution in [0.1, 0.15) is 39.9 Å². The summed E-state index contributed by atoms with van der Waals surface area (Å²) in [6.45, 7) is 4.18. The maximum atomic E-state index is 12.9. The zero-order valence-electron chi connectivity index (χ0n) is 15.5. The topological polar surface area (TPSA) is 92.9 Å². The highest BCUT2D eigenvalue weighted by Crippen LogP contribution is 2.42. The van der Waals surface area contributed by atoms with Crippen LogP contribution in [0.5, 0.6) is 11.5 Å². The smallest absolute Gasteiger partial charge is 0.270 e. The first-order chi connectivity index (χ1) is 13.4. The zero-order chi connectivity index (χ0) is 19.8. The predicted octanol–water partition coefficient (Wildman–Crippen LogP) is 3.82. The van der Waals surface area contributed by atoms with Crippen molar-refractivity contribution in [3.05, 3.63) is 68.5 Å². The van der Waals surface area contributed by atoms with Gasteiger partial charge in [-0.1, -0.05) is 12.1 Å². The number of phenols is 1. The minimum Gasteiger partial charge on any atom is -0.507 e. The van der Waals surface area contributed by atoms with E-state index in [-0.39, 0.29) is 23.0 Å². The molecule has 0 aromatic heterocycles. The van der Waals surface area contributed by atoms with Gasteiger partial charge in [-0.2, -0.15) is 0 Å². The van der Waals surface area contributed by atoms with Crippen molar-refractivity contribution in [1.29, 1.82) is 0 Å². The summed E-state index contributed by atoms with van der Waals surface area (Å²) in [4.78, 5) is 25.6. The van der Waals surface area contributed by atoms with Crippen molar-refractivity contribution in [1.82, 2.24) is 4.90 Å². The molecule has 0 amide bonds. The van der Waals surface area contributed by atoms with Crippen molar-refractivity contribution in [2.75, 3.05) is 13.1 Å². The number of nitro groups is 1. The van der Waals surface area contributed by atoms with Crippen LogP contribution in [0.25, 0.3) is 6.08 Å². The summed E-state index contributed by atoms with van der Waals surface area (Å²) in [6.07, 6.45) is 3.74. The summed E-state index contributed by atoms with van der Waals surface area (Å²) in [6, 6.07) is 7.62. The number of hydrogen-bond donors (Lipinski definition) is 1. The second-order valence-corrected chi connectivity index (χ2v) is 7.17. The van der Waals surface area contributed by atoms with Gasteiger partial charge >= 0.3 is 0 Å². The van der Waals surface area contributed by atoms with E-state index in [1.165, 1.54) is 18.2 Å². The molecule has 0 aliphatic carbocycles. The van der Waals surface area contributed by atoms with Gasteiger partial charge < -0.3 is 9.84 Å². The first kappa shape index (κ1) is 18.2. The third kappa shape index (κ3) is 3.25. The van der Waals surface area contributed by atoms with E-state index in [1.54, 1.807) is 25.1 Å². The Morgan fingerprint density at radius 3 is 2.75 bits per heavy atom. The van der Waals surface area contributed by atoms with E-state index in [1.807, 2.05) is 0 Å². The Kier molecular flexibility index (Phi) is 4.60. The lowest BCUT2D eigenvalue weighted by molar-refractivity contribution is -0.384. The van der Waals surface area contributed by atoms with Gasteiger partial charge in [0.05, 0.1) is 16.1 Å². The lowest BCUT2D eigenvalue weighted by Crippen LogP contribution is -2.19. The molecule has 7 nitrogen and oxygen atoms in total. The van der Waals surface area contributed by atoms with E-state index in [9.17, 15) is 20.0 Å². The van der Waals surface area contributed by atoms with E-state index < -0.39 is 4.92 Å². The number of rotatable bonds is 4. The van der Waals surface area contributed by atoms with Crippen molar-refractivity contribution < 1.29 is 19.6 Å².